The standard InChI is InChI=1S/C16H14BrFN2/c1-3-11-6-4-5-10(2)16(11)20-13-8-7-12(9-19)14(17)15(13)18/h4-8,20H,3H2,1-2H3. The molecule has 102 valence electrons. The molecule has 4 heteroatoms. The number of rotatable bonds is 3. The fourth-order valence-electron chi connectivity index (χ4n) is 2.07. The van der Waals surface area contributed by atoms with Crippen molar-refractivity contribution in [1.29, 1.82) is 5.26 Å². The van der Waals surface area contributed by atoms with E-state index < -0.39 is 5.82 Å². The molecular formula is C16H14BrFN2. The van der Waals surface area contributed by atoms with Crippen LogP contribution in [-0.2, 0) is 6.42 Å². The zero-order chi connectivity index (χ0) is 14.7. The fraction of sp³-hybridized carbons (Fsp3) is 0.188. The first-order chi connectivity index (χ1) is 9.58. The topological polar surface area (TPSA) is 35.8 Å². The maximum absolute atomic E-state index is 14.2. The Balaban J connectivity index is 2.47. The van der Waals surface area contributed by atoms with Gasteiger partial charge in [0, 0.05) is 5.69 Å². The summed E-state index contributed by atoms with van der Waals surface area (Å²) in [6, 6.07) is 11.1. The Bertz CT molecular complexity index is 690. The minimum absolute atomic E-state index is 0.191. The molecule has 2 aromatic carbocycles. The van der Waals surface area contributed by atoms with Crippen LogP contribution in [-0.4, -0.2) is 0 Å². The number of nitriles is 1. The monoisotopic (exact) mass is 332 g/mol. The van der Waals surface area contributed by atoms with Gasteiger partial charge >= 0.3 is 0 Å². The Morgan fingerprint density at radius 2 is 2.05 bits per heavy atom. The molecule has 0 heterocycles. The average molecular weight is 333 g/mol. The molecule has 0 amide bonds. The van der Waals surface area contributed by atoms with Gasteiger partial charge in [-0.3, -0.25) is 0 Å². The molecule has 0 aliphatic heterocycles. The Morgan fingerprint density at radius 1 is 1.30 bits per heavy atom. The predicted molar refractivity (Wildman–Crippen MR) is 82.7 cm³/mol. The number of anilines is 2. The highest BCUT2D eigenvalue weighted by atomic mass is 79.9. The van der Waals surface area contributed by atoms with Gasteiger partial charge in [0.25, 0.3) is 0 Å². The Morgan fingerprint density at radius 3 is 2.70 bits per heavy atom. The Kier molecular flexibility index (Phi) is 4.41. The van der Waals surface area contributed by atoms with Crippen molar-refractivity contribution < 1.29 is 4.39 Å². The van der Waals surface area contributed by atoms with Crippen molar-refractivity contribution in [3.63, 3.8) is 0 Å². The number of hydrogen-bond donors (Lipinski definition) is 1. The molecule has 0 unspecified atom stereocenters. The molecular weight excluding hydrogens is 319 g/mol. The van der Waals surface area contributed by atoms with Crippen LogP contribution >= 0.6 is 15.9 Å². The van der Waals surface area contributed by atoms with Gasteiger partial charge in [-0.15, -0.1) is 0 Å². The second kappa shape index (κ2) is 6.06. The third-order valence-corrected chi connectivity index (χ3v) is 3.98. The molecule has 0 aromatic heterocycles. The summed E-state index contributed by atoms with van der Waals surface area (Å²) >= 11 is 3.12. The number of benzene rings is 2. The van der Waals surface area contributed by atoms with E-state index in [4.69, 9.17) is 5.26 Å². The molecule has 0 bridgehead atoms. The molecule has 0 fully saturated rings. The molecule has 0 atom stereocenters. The highest BCUT2D eigenvalue weighted by Gasteiger charge is 2.13. The van der Waals surface area contributed by atoms with E-state index >= 15 is 0 Å². The lowest BCUT2D eigenvalue weighted by Gasteiger charge is -2.15. The smallest absolute Gasteiger partial charge is 0.162 e. The van der Waals surface area contributed by atoms with Crippen molar-refractivity contribution >= 4 is 27.3 Å². The van der Waals surface area contributed by atoms with Crippen LogP contribution in [0.4, 0.5) is 15.8 Å². The first-order valence-corrected chi connectivity index (χ1v) is 7.11. The van der Waals surface area contributed by atoms with Crippen LogP contribution in [0.5, 0.6) is 0 Å². The first kappa shape index (κ1) is 14.5. The summed E-state index contributed by atoms with van der Waals surface area (Å²) in [7, 11) is 0. The third-order valence-electron chi connectivity index (χ3n) is 3.20. The summed E-state index contributed by atoms with van der Waals surface area (Å²) in [5.41, 5.74) is 3.76. The highest BCUT2D eigenvalue weighted by molar-refractivity contribution is 9.10. The molecule has 2 nitrogen and oxygen atoms in total. The van der Waals surface area contributed by atoms with Gasteiger partial charge in [0.05, 0.1) is 15.7 Å². The molecule has 2 rings (SSSR count). The molecule has 0 aliphatic rings. The zero-order valence-electron chi connectivity index (χ0n) is 11.3. The van der Waals surface area contributed by atoms with Crippen molar-refractivity contribution in [1.82, 2.24) is 0 Å². The fourth-order valence-corrected chi connectivity index (χ4v) is 2.50. The zero-order valence-corrected chi connectivity index (χ0v) is 12.9. The van der Waals surface area contributed by atoms with Crippen molar-refractivity contribution in [3.05, 3.63) is 57.3 Å². The van der Waals surface area contributed by atoms with E-state index in [2.05, 4.69) is 28.2 Å². The summed E-state index contributed by atoms with van der Waals surface area (Å²) in [6.45, 7) is 4.04. The Hall–Kier alpha value is -1.86. The van der Waals surface area contributed by atoms with E-state index in [-0.39, 0.29) is 10.0 Å². The molecule has 0 aliphatic carbocycles. The average Bonchev–Trinajstić information content (AvgIpc) is 2.46. The molecule has 1 N–H and O–H groups in total. The van der Waals surface area contributed by atoms with Crippen LogP contribution in [0.25, 0.3) is 0 Å². The molecule has 0 saturated carbocycles. The third kappa shape index (κ3) is 2.68. The van der Waals surface area contributed by atoms with Crippen LogP contribution in [0.15, 0.2) is 34.8 Å². The minimum atomic E-state index is -0.450. The van der Waals surface area contributed by atoms with E-state index in [0.717, 1.165) is 23.2 Å². The van der Waals surface area contributed by atoms with Gasteiger partial charge in [-0.25, -0.2) is 4.39 Å². The maximum Gasteiger partial charge on any atom is 0.162 e. The van der Waals surface area contributed by atoms with Crippen molar-refractivity contribution in [3.8, 4) is 6.07 Å². The number of para-hydroxylation sites is 1. The molecule has 0 radical (unpaired) electrons. The van der Waals surface area contributed by atoms with Gasteiger partial charge in [-0.05, 0) is 52.5 Å². The van der Waals surface area contributed by atoms with Crippen molar-refractivity contribution in [2.75, 3.05) is 5.32 Å². The lowest BCUT2D eigenvalue weighted by atomic mass is 10.1. The number of nitrogens with zero attached hydrogens (tertiary/aromatic N) is 1. The van der Waals surface area contributed by atoms with E-state index in [0.29, 0.717) is 5.69 Å². The molecule has 2 aromatic rings. The van der Waals surface area contributed by atoms with Gasteiger partial charge in [0.2, 0.25) is 0 Å². The van der Waals surface area contributed by atoms with Gasteiger partial charge in [0.1, 0.15) is 6.07 Å². The van der Waals surface area contributed by atoms with E-state index in [9.17, 15) is 4.39 Å². The summed E-state index contributed by atoms with van der Waals surface area (Å²) in [5, 5.41) is 12.0. The lowest BCUT2D eigenvalue weighted by molar-refractivity contribution is 0.624. The number of nitrogens with one attached hydrogen (secondary N) is 1. The summed E-state index contributed by atoms with van der Waals surface area (Å²) in [6.07, 6.45) is 0.864. The number of halogens is 2. The van der Waals surface area contributed by atoms with Gasteiger partial charge in [-0.1, -0.05) is 25.1 Å². The van der Waals surface area contributed by atoms with Gasteiger partial charge in [0.15, 0.2) is 5.82 Å². The largest absolute Gasteiger partial charge is 0.353 e. The normalized spacial score (nSPS) is 10.2. The summed E-state index contributed by atoms with van der Waals surface area (Å²) in [4.78, 5) is 0. The first-order valence-electron chi connectivity index (χ1n) is 6.32. The summed E-state index contributed by atoms with van der Waals surface area (Å²) < 4.78 is 14.4. The van der Waals surface area contributed by atoms with Gasteiger partial charge in [-0.2, -0.15) is 5.26 Å². The Labute approximate surface area is 126 Å². The van der Waals surface area contributed by atoms with Crippen molar-refractivity contribution in [2.45, 2.75) is 20.3 Å². The van der Waals surface area contributed by atoms with Gasteiger partial charge < -0.3 is 5.32 Å². The van der Waals surface area contributed by atoms with Crippen LogP contribution in [0.3, 0.4) is 0 Å². The number of hydrogen-bond acceptors (Lipinski definition) is 2. The van der Waals surface area contributed by atoms with E-state index in [1.165, 1.54) is 0 Å². The quantitative estimate of drug-likeness (QED) is 0.851. The summed E-state index contributed by atoms with van der Waals surface area (Å²) in [5.74, 6) is -0.450. The molecule has 0 saturated heterocycles. The van der Waals surface area contributed by atoms with Crippen LogP contribution in [0, 0.1) is 24.1 Å². The van der Waals surface area contributed by atoms with Crippen molar-refractivity contribution in [2.24, 2.45) is 0 Å². The predicted octanol–water partition coefficient (Wildman–Crippen LogP) is 5.07. The lowest BCUT2D eigenvalue weighted by Crippen LogP contribution is -2.01. The maximum atomic E-state index is 14.2. The molecule has 0 spiro atoms. The molecule has 20 heavy (non-hydrogen) atoms. The van der Waals surface area contributed by atoms with E-state index in [1.54, 1.807) is 12.1 Å². The number of aryl methyl sites for hydroxylation is 2. The second-order valence-corrected chi connectivity index (χ2v) is 5.28. The van der Waals surface area contributed by atoms with Crippen LogP contribution < -0.4 is 5.32 Å². The minimum Gasteiger partial charge on any atom is -0.353 e. The SMILES string of the molecule is CCc1cccc(C)c1Nc1ccc(C#N)c(Br)c1F. The second-order valence-electron chi connectivity index (χ2n) is 4.49. The highest BCUT2D eigenvalue weighted by Crippen LogP contribution is 2.31. The van der Waals surface area contributed by atoms with E-state index in [1.807, 2.05) is 31.2 Å². The van der Waals surface area contributed by atoms with Crippen LogP contribution in [0.2, 0.25) is 0 Å². The van der Waals surface area contributed by atoms with Crippen LogP contribution in [0.1, 0.15) is 23.6 Å².